The minimum absolute atomic E-state index is 0. The van der Waals surface area contributed by atoms with Gasteiger partial charge in [-0.05, 0) is 12.8 Å². The molecule has 1 aliphatic carbocycles. The molecule has 0 radical (unpaired) electrons. The van der Waals surface area contributed by atoms with Crippen molar-refractivity contribution in [2.75, 3.05) is 0 Å². The van der Waals surface area contributed by atoms with E-state index in [1.165, 1.54) is 11.6 Å². The predicted octanol–water partition coefficient (Wildman–Crippen LogP) is 0.209. The number of fused-ring (bicyclic) bond motifs is 1. The van der Waals surface area contributed by atoms with Gasteiger partial charge in [0, 0.05) is 27.1 Å². The Morgan fingerprint density at radius 2 is 1.93 bits per heavy atom. The molecule has 146 valence electrons. The molecule has 0 bridgehead atoms. The molecule has 10 nitrogen and oxygen atoms in total. The number of nitrogens with two attached hydrogens (primary N) is 1. The van der Waals surface area contributed by atoms with Crippen LogP contribution >= 0.6 is 12.4 Å². The van der Waals surface area contributed by atoms with Crippen molar-refractivity contribution in [3.05, 3.63) is 38.9 Å². The molecule has 2 N–H and O–H groups in total. The van der Waals surface area contributed by atoms with E-state index in [2.05, 4.69) is 15.1 Å². The van der Waals surface area contributed by atoms with Crippen molar-refractivity contribution in [2.45, 2.75) is 44.2 Å². The van der Waals surface area contributed by atoms with Gasteiger partial charge in [-0.1, -0.05) is 18.0 Å². The van der Waals surface area contributed by atoms with Crippen LogP contribution in [0.3, 0.4) is 0 Å². The Morgan fingerprint density at radius 1 is 1.22 bits per heavy atom. The summed E-state index contributed by atoms with van der Waals surface area (Å²) >= 11 is 0. The number of aromatic nitrogens is 6. The van der Waals surface area contributed by atoms with E-state index in [-0.39, 0.29) is 18.0 Å². The van der Waals surface area contributed by atoms with Crippen molar-refractivity contribution in [3.63, 3.8) is 0 Å². The SMILES string of the molecule is Cl.Cn1c(=O)c2c(ncn2CCc2nc(C3(N)CCCC3)no2)n(C)c1=O. The van der Waals surface area contributed by atoms with Crippen LogP contribution in [0.1, 0.15) is 37.4 Å². The molecule has 0 aromatic carbocycles. The standard InChI is InChI=1S/C16H21N7O3.ClH/c1-21-12-11(13(24)22(2)15(21)25)23(9-18-12)8-5-10-19-14(20-26-10)16(17)6-3-4-7-16;/h9H,3-8,17H2,1-2H3;1H. The number of imidazole rings is 1. The van der Waals surface area contributed by atoms with Gasteiger partial charge in [0.2, 0.25) is 5.89 Å². The second-order valence-electron chi connectivity index (χ2n) is 6.94. The molecular formula is C16H22ClN7O3. The maximum atomic E-state index is 12.4. The average Bonchev–Trinajstić information content (AvgIpc) is 3.35. The first-order chi connectivity index (χ1) is 12.4. The first kappa shape index (κ1) is 19.3. The lowest BCUT2D eigenvalue weighted by Gasteiger charge is -2.17. The van der Waals surface area contributed by atoms with Gasteiger partial charge in [-0.3, -0.25) is 13.9 Å². The minimum atomic E-state index is -0.488. The number of aryl methyl sites for hydroxylation is 3. The minimum Gasteiger partial charge on any atom is -0.339 e. The lowest BCUT2D eigenvalue weighted by molar-refractivity contribution is 0.345. The third kappa shape index (κ3) is 3.08. The Morgan fingerprint density at radius 3 is 2.63 bits per heavy atom. The zero-order valence-corrected chi connectivity index (χ0v) is 16.0. The Balaban J connectivity index is 0.00000210. The molecular weight excluding hydrogens is 374 g/mol. The highest BCUT2D eigenvalue weighted by atomic mass is 35.5. The molecule has 3 heterocycles. The lowest BCUT2D eigenvalue weighted by atomic mass is 9.99. The Bertz CT molecular complexity index is 1090. The van der Waals surface area contributed by atoms with E-state index in [4.69, 9.17) is 10.3 Å². The van der Waals surface area contributed by atoms with Gasteiger partial charge in [0.25, 0.3) is 5.56 Å². The molecule has 3 aromatic rings. The maximum Gasteiger partial charge on any atom is 0.332 e. The van der Waals surface area contributed by atoms with Crippen LogP contribution < -0.4 is 17.0 Å². The van der Waals surface area contributed by atoms with Crippen molar-refractivity contribution < 1.29 is 4.52 Å². The summed E-state index contributed by atoms with van der Waals surface area (Å²) in [6.45, 7) is 0.434. The molecule has 4 rings (SSSR count). The van der Waals surface area contributed by atoms with Gasteiger partial charge >= 0.3 is 5.69 Å². The topological polar surface area (TPSA) is 127 Å². The number of hydrogen-bond donors (Lipinski definition) is 1. The highest BCUT2D eigenvalue weighted by molar-refractivity contribution is 5.85. The highest BCUT2D eigenvalue weighted by Crippen LogP contribution is 2.34. The number of hydrogen-bond acceptors (Lipinski definition) is 7. The largest absolute Gasteiger partial charge is 0.339 e. The first-order valence-corrected chi connectivity index (χ1v) is 8.63. The number of rotatable bonds is 4. The lowest BCUT2D eigenvalue weighted by Crippen LogP contribution is -2.37. The van der Waals surface area contributed by atoms with Gasteiger partial charge in [0.05, 0.1) is 11.9 Å². The van der Waals surface area contributed by atoms with E-state index in [1.54, 1.807) is 17.9 Å². The van der Waals surface area contributed by atoms with Crippen LogP contribution in [-0.4, -0.2) is 28.8 Å². The zero-order valence-electron chi connectivity index (χ0n) is 15.2. The zero-order chi connectivity index (χ0) is 18.5. The van der Waals surface area contributed by atoms with Crippen molar-refractivity contribution in [1.29, 1.82) is 0 Å². The third-order valence-corrected chi connectivity index (χ3v) is 5.19. The second-order valence-corrected chi connectivity index (χ2v) is 6.94. The van der Waals surface area contributed by atoms with Crippen LogP contribution in [0.15, 0.2) is 20.4 Å². The van der Waals surface area contributed by atoms with Crippen LogP contribution in [0.2, 0.25) is 0 Å². The van der Waals surface area contributed by atoms with E-state index in [1.807, 2.05) is 0 Å². The molecule has 0 amide bonds. The van der Waals surface area contributed by atoms with E-state index in [0.717, 1.165) is 30.3 Å². The fourth-order valence-electron chi connectivity index (χ4n) is 3.57. The van der Waals surface area contributed by atoms with Crippen molar-refractivity contribution in [1.82, 2.24) is 28.8 Å². The van der Waals surface area contributed by atoms with Gasteiger partial charge in [0.1, 0.15) is 0 Å². The van der Waals surface area contributed by atoms with Crippen LogP contribution in [0.5, 0.6) is 0 Å². The Labute approximate surface area is 160 Å². The summed E-state index contributed by atoms with van der Waals surface area (Å²) in [5.74, 6) is 1.03. The predicted molar refractivity (Wildman–Crippen MR) is 99.8 cm³/mol. The molecule has 1 aliphatic rings. The molecule has 0 spiro atoms. The van der Waals surface area contributed by atoms with Crippen molar-refractivity contribution >= 4 is 23.6 Å². The fourth-order valence-corrected chi connectivity index (χ4v) is 3.57. The first-order valence-electron chi connectivity index (χ1n) is 8.63. The molecule has 1 fully saturated rings. The van der Waals surface area contributed by atoms with Gasteiger partial charge in [-0.2, -0.15) is 4.98 Å². The highest BCUT2D eigenvalue weighted by Gasteiger charge is 2.35. The molecule has 3 aromatic heterocycles. The van der Waals surface area contributed by atoms with Gasteiger partial charge in [-0.15, -0.1) is 12.4 Å². The summed E-state index contributed by atoms with van der Waals surface area (Å²) in [6.07, 6.45) is 5.86. The molecule has 27 heavy (non-hydrogen) atoms. The summed E-state index contributed by atoms with van der Waals surface area (Å²) in [7, 11) is 3.04. The van der Waals surface area contributed by atoms with Crippen molar-refractivity contribution in [3.8, 4) is 0 Å². The molecule has 0 unspecified atom stereocenters. The molecule has 0 aliphatic heterocycles. The van der Waals surface area contributed by atoms with Crippen LogP contribution in [0.4, 0.5) is 0 Å². The second kappa shape index (κ2) is 6.93. The van der Waals surface area contributed by atoms with E-state index >= 15 is 0 Å². The van der Waals surface area contributed by atoms with E-state index in [9.17, 15) is 9.59 Å². The average molecular weight is 396 g/mol. The van der Waals surface area contributed by atoms with E-state index in [0.29, 0.717) is 35.8 Å². The van der Waals surface area contributed by atoms with E-state index < -0.39 is 11.2 Å². The fraction of sp³-hybridized carbons (Fsp3) is 0.562. The Kier molecular flexibility index (Phi) is 4.96. The van der Waals surface area contributed by atoms with Crippen LogP contribution in [-0.2, 0) is 32.6 Å². The monoisotopic (exact) mass is 395 g/mol. The quantitative estimate of drug-likeness (QED) is 0.668. The third-order valence-electron chi connectivity index (χ3n) is 5.19. The van der Waals surface area contributed by atoms with Crippen LogP contribution in [0, 0.1) is 0 Å². The van der Waals surface area contributed by atoms with Gasteiger partial charge in [0.15, 0.2) is 17.0 Å². The molecule has 0 atom stereocenters. The Hall–Kier alpha value is -2.46. The summed E-state index contributed by atoms with van der Waals surface area (Å²) < 4.78 is 9.47. The smallest absolute Gasteiger partial charge is 0.332 e. The van der Waals surface area contributed by atoms with Crippen LogP contribution in [0.25, 0.3) is 11.2 Å². The summed E-state index contributed by atoms with van der Waals surface area (Å²) in [5.41, 5.74) is 5.81. The molecule has 1 saturated carbocycles. The molecule has 11 heteroatoms. The van der Waals surface area contributed by atoms with Gasteiger partial charge < -0.3 is 14.8 Å². The number of nitrogens with zero attached hydrogens (tertiary/aromatic N) is 6. The summed E-state index contributed by atoms with van der Waals surface area (Å²) in [5, 5.41) is 4.04. The maximum absolute atomic E-state index is 12.4. The van der Waals surface area contributed by atoms with Gasteiger partial charge in [-0.25, -0.2) is 9.78 Å². The molecule has 0 saturated heterocycles. The number of halogens is 1. The normalized spacial score (nSPS) is 16.0. The van der Waals surface area contributed by atoms with Crippen molar-refractivity contribution in [2.24, 2.45) is 19.8 Å². The summed E-state index contributed by atoms with van der Waals surface area (Å²) in [4.78, 5) is 33.1. The summed E-state index contributed by atoms with van der Waals surface area (Å²) in [6, 6.07) is 0.